The number of nitrogens with one attached hydrogen (secondary N) is 1. The second-order valence-electron chi connectivity index (χ2n) is 7.09. The number of alkyl halides is 6. The minimum absolute atomic E-state index is 0.107. The molecule has 1 aliphatic rings. The first-order valence-electron chi connectivity index (χ1n) is 9.10. The Bertz CT molecular complexity index is 1020. The van der Waals surface area contributed by atoms with Crippen LogP contribution in [0.15, 0.2) is 42.5 Å². The zero-order valence-corrected chi connectivity index (χ0v) is 15.8. The second-order valence-corrected chi connectivity index (χ2v) is 7.09. The number of nitriles is 2. The highest BCUT2D eigenvalue weighted by Gasteiger charge is 2.51. The van der Waals surface area contributed by atoms with Crippen molar-refractivity contribution in [3.8, 4) is 17.9 Å². The van der Waals surface area contributed by atoms with E-state index >= 15 is 0 Å². The number of rotatable bonds is 4. The van der Waals surface area contributed by atoms with E-state index in [4.69, 9.17) is 15.3 Å². The van der Waals surface area contributed by atoms with E-state index in [9.17, 15) is 26.3 Å². The summed E-state index contributed by atoms with van der Waals surface area (Å²) in [5.74, 6) is -0.922. The molecule has 2 aromatic carbocycles. The van der Waals surface area contributed by atoms with Crippen LogP contribution in [0.25, 0.3) is 0 Å². The number of halogens is 6. The van der Waals surface area contributed by atoms with Gasteiger partial charge >= 0.3 is 12.4 Å². The average Bonchev–Trinajstić information content (AvgIpc) is 3.16. The molecule has 0 saturated carbocycles. The Hall–Kier alpha value is -3.24. The smallest absolute Gasteiger partial charge is 0.417 e. The van der Waals surface area contributed by atoms with Crippen LogP contribution in [0, 0.1) is 22.7 Å². The van der Waals surface area contributed by atoms with Crippen LogP contribution >= 0.6 is 0 Å². The first-order chi connectivity index (χ1) is 14.5. The van der Waals surface area contributed by atoms with Crippen LogP contribution in [0.5, 0.6) is 5.75 Å². The van der Waals surface area contributed by atoms with Gasteiger partial charge in [-0.3, -0.25) is 5.32 Å². The van der Waals surface area contributed by atoms with Gasteiger partial charge in [0.1, 0.15) is 18.4 Å². The van der Waals surface area contributed by atoms with Gasteiger partial charge in [-0.15, -0.1) is 0 Å². The van der Waals surface area contributed by atoms with E-state index in [1.807, 2.05) is 6.07 Å². The van der Waals surface area contributed by atoms with E-state index < -0.39 is 41.5 Å². The van der Waals surface area contributed by atoms with Gasteiger partial charge in [0.25, 0.3) is 0 Å². The van der Waals surface area contributed by atoms with Gasteiger partial charge in [0.15, 0.2) is 0 Å². The lowest BCUT2D eigenvalue weighted by atomic mass is 9.88. The van der Waals surface area contributed by atoms with E-state index in [-0.39, 0.29) is 18.6 Å². The molecule has 0 spiro atoms. The first kappa shape index (κ1) is 22.4. The van der Waals surface area contributed by atoms with Crippen LogP contribution in [0.2, 0.25) is 0 Å². The summed E-state index contributed by atoms with van der Waals surface area (Å²) in [5.41, 5.74) is -1.66. The summed E-state index contributed by atoms with van der Waals surface area (Å²) in [6.45, 7) is -0.141. The lowest BCUT2D eigenvalue weighted by molar-refractivity contribution is -0.156. The number of hydrogen-bond donors (Lipinski definition) is 1. The SMILES string of the molecule is N#Cc1ccc(OC[C@H]2CC(c3ccc(C#N)c(C(F)(F)F)c3)[C@H](C(F)(F)F)N2)cc1. The van der Waals surface area contributed by atoms with Gasteiger partial charge in [0.05, 0.1) is 28.8 Å². The van der Waals surface area contributed by atoms with Crippen molar-refractivity contribution >= 4 is 0 Å². The molecule has 3 atom stereocenters. The highest BCUT2D eigenvalue weighted by atomic mass is 19.4. The molecule has 1 saturated heterocycles. The molecule has 0 aliphatic carbocycles. The third kappa shape index (κ3) is 5.09. The Labute approximate surface area is 173 Å². The summed E-state index contributed by atoms with van der Waals surface area (Å²) >= 11 is 0. The largest absolute Gasteiger partial charge is 0.492 e. The third-order valence-electron chi connectivity index (χ3n) is 5.04. The second kappa shape index (κ2) is 8.48. The molecule has 1 unspecified atom stereocenters. The summed E-state index contributed by atoms with van der Waals surface area (Å²) in [6.07, 6.45) is -9.66. The quantitative estimate of drug-likeness (QED) is 0.688. The van der Waals surface area contributed by atoms with E-state index in [1.54, 1.807) is 0 Å². The van der Waals surface area contributed by atoms with Gasteiger partial charge in [-0.05, 0) is 48.4 Å². The van der Waals surface area contributed by atoms with Crippen molar-refractivity contribution in [1.29, 1.82) is 10.5 Å². The molecule has 3 rings (SSSR count). The van der Waals surface area contributed by atoms with Gasteiger partial charge in [-0.1, -0.05) is 6.07 Å². The molecule has 0 aromatic heterocycles. The maximum Gasteiger partial charge on any atom is 0.417 e. The molecule has 1 aliphatic heterocycles. The van der Waals surface area contributed by atoms with Crippen molar-refractivity contribution < 1.29 is 31.1 Å². The van der Waals surface area contributed by atoms with E-state index in [1.165, 1.54) is 30.3 Å². The fourth-order valence-electron chi connectivity index (χ4n) is 3.60. The van der Waals surface area contributed by atoms with Gasteiger partial charge in [0.2, 0.25) is 0 Å². The van der Waals surface area contributed by atoms with Crippen molar-refractivity contribution in [2.24, 2.45) is 0 Å². The predicted molar refractivity (Wildman–Crippen MR) is 96.9 cm³/mol. The molecule has 1 N–H and O–H groups in total. The highest BCUT2D eigenvalue weighted by molar-refractivity contribution is 5.44. The van der Waals surface area contributed by atoms with Gasteiger partial charge in [-0.2, -0.15) is 36.9 Å². The molecule has 1 fully saturated rings. The zero-order valence-electron chi connectivity index (χ0n) is 15.8. The molecular formula is C21H15F6N3O. The standard InChI is InChI=1S/C21H15F6N3O/c22-20(23,24)18-7-13(3-4-14(18)10-29)17-8-15(30-19(17)21(25,26)27)11-31-16-5-1-12(9-28)2-6-16/h1-7,15,17,19,30H,8,11H2/t15-,17?,19-/m1/s1. The first-order valence-corrected chi connectivity index (χ1v) is 9.10. The van der Waals surface area contributed by atoms with Gasteiger partial charge in [0, 0.05) is 12.0 Å². The number of ether oxygens (including phenoxy) is 1. The van der Waals surface area contributed by atoms with Crippen LogP contribution in [0.3, 0.4) is 0 Å². The number of benzene rings is 2. The summed E-state index contributed by atoms with van der Waals surface area (Å²) in [4.78, 5) is 0. The molecule has 31 heavy (non-hydrogen) atoms. The highest BCUT2D eigenvalue weighted by Crippen LogP contribution is 2.42. The Morgan fingerprint density at radius 3 is 2.19 bits per heavy atom. The molecule has 162 valence electrons. The fourth-order valence-corrected chi connectivity index (χ4v) is 3.60. The minimum atomic E-state index is -4.86. The zero-order chi connectivity index (χ0) is 22.8. The van der Waals surface area contributed by atoms with Crippen molar-refractivity contribution in [2.45, 2.75) is 36.8 Å². The van der Waals surface area contributed by atoms with E-state index in [2.05, 4.69) is 5.32 Å². The lowest BCUT2D eigenvalue weighted by Gasteiger charge is -2.23. The molecule has 0 bridgehead atoms. The summed E-state index contributed by atoms with van der Waals surface area (Å²) in [7, 11) is 0. The Morgan fingerprint density at radius 2 is 1.65 bits per heavy atom. The normalized spacial score (nSPS) is 21.4. The number of hydrogen-bond acceptors (Lipinski definition) is 4. The topological polar surface area (TPSA) is 68.8 Å². The molecule has 1 heterocycles. The molecule has 0 radical (unpaired) electrons. The molecule has 2 aromatic rings. The van der Waals surface area contributed by atoms with Crippen molar-refractivity contribution in [3.63, 3.8) is 0 Å². The van der Waals surface area contributed by atoms with Crippen molar-refractivity contribution in [1.82, 2.24) is 5.32 Å². The van der Waals surface area contributed by atoms with E-state index in [0.717, 1.165) is 12.1 Å². The third-order valence-corrected chi connectivity index (χ3v) is 5.04. The number of nitrogens with zero attached hydrogens (tertiary/aromatic N) is 2. The van der Waals surface area contributed by atoms with Crippen molar-refractivity contribution in [3.05, 3.63) is 64.7 Å². The maximum atomic E-state index is 13.6. The average molecular weight is 439 g/mol. The lowest BCUT2D eigenvalue weighted by Crippen LogP contribution is -2.44. The van der Waals surface area contributed by atoms with Crippen LogP contribution in [-0.4, -0.2) is 24.9 Å². The van der Waals surface area contributed by atoms with Crippen LogP contribution in [0.1, 0.15) is 34.6 Å². The van der Waals surface area contributed by atoms with Gasteiger partial charge < -0.3 is 4.74 Å². The predicted octanol–water partition coefficient (Wildman–Crippen LogP) is 4.90. The van der Waals surface area contributed by atoms with Crippen LogP contribution in [0.4, 0.5) is 26.3 Å². The van der Waals surface area contributed by atoms with Crippen LogP contribution in [-0.2, 0) is 6.18 Å². The Morgan fingerprint density at radius 1 is 0.968 bits per heavy atom. The monoisotopic (exact) mass is 439 g/mol. The summed E-state index contributed by atoms with van der Waals surface area (Å²) in [6, 6.07) is 9.16. The molecule has 0 amide bonds. The summed E-state index contributed by atoms with van der Waals surface area (Å²) in [5, 5.41) is 20.1. The maximum absolute atomic E-state index is 13.6. The Kier molecular flexibility index (Phi) is 6.14. The fraction of sp³-hybridized carbons (Fsp3) is 0.333. The summed E-state index contributed by atoms with van der Waals surface area (Å²) < 4.78 is 86.0. The van der Waals surface area contributed by atoms with Gasteiger partial charge in [-0.25, -0.2) is 0 Å². The molecular weight excluding hydrogens is 424 g/mol. The van der Waals surface area contributed by atoms with Crippen LogP contribution < -0.4 is 10.1 Å². The van der Waals surface area contributed by atoms with E-state index in [0.29, 0.717) is 17.4 Å². The minimum Gasteiger partial charge on any atom is -0.492 e. The molecule has 10 heteroatoms. The Balaban J connectivity index is 1.82. The van der Waals surface area contributed by atoms with Crippen molar-refractivity contribution in [2.75, 3.05) is 6.61 Å². The molecule has 4 nitrogen and oxygen atoms in total.